The molecule has 0 aliphatic carbocycles. The normalized spacial score (nSPS) is 8.58. The molecule has 0 saturated carbocycles. The first-order valence-electron chi connectivity index (χ1n) is 4.15. The van der Waals surface area contributed by atoms with Crippen LogP contribution in [0.25, 0.3) is 0 Å². The van der Waals surface area contributed by atoms with Gasteiger partial charge in [0, 0.05) is 18.8 Å². The monoisotopic (exact) mass is 168 g/mol. The molecule has 3 heteroatoms. The summed E-state index contributed by atoms with van der Waals surface area (Å²) < 4.78 is 0. The van der Waals surface area contributed by atoms with Gasteiger partial charge in [-0.3, -0.25) is 4.79 Å². The van der Waals surface area contributed by atoms with E-state index >= 15 is 0 Å². The van der Waals surface area contributed by atoms with E-state index in [0.29, 0.717) is 0 Å². The Hall–Kier alpha value is -1.09. The van der Waals surface area contributed by atoms with Gasteiger partial charge in [0.05, 0.1) is 0 Å². The zero-order chi connectivity index (χ0) is 9.40. The van der Waals surface area contributed by atoms with E-state index in [4.69, 9.17) is 0 Å². The first kappa shape index (κ1) is 10.9. The topological polar surface area (TPSA) is 44.9 Å². The lowest BCUT2D eigenvalue weighted by Crippen LogP contribution is -2.10. The van der Waals surface area contributed by atoms with Crippen LogP contribution in [0.2, 0.25) is 0 Å². The average Bonchev–Trinajstić information content (AvgIpc) is 2.09. The summed E-state index contributed by atoms with van der Waals surface area (Å²) in [6.07, 6.45) is 1.65. The molecule has 68 valence electrons. The van der Waals surface area contributed by atoms with Crippen LogP contribution in [-0.4, -0.2) is 12.0 Å². The minimum absolute atomic E-state index is 0.0484. The van der Waals surface area contributed by atoms with Crippen LogP contribution in [0, 0.1) is 0 Å². The summed E-state index contributed by atoms with van der Waals surface area (Å²) in [5.41, 5.74) is 0.957. The summed E-state index contributed by atoms with van der Waals surface area (Å²) in [6.45, 7) is 4.74. The quantitative estimate of drug-likeness (QED) is 0.695. The van der Waals surface area contributed by atoms with E-state index in [1.807, 2.05) is 27.0 Å². The fourth-order valence-electron chi connectivity index (χ4n) is 0.803. The molecule has 0 bridgehead atoms. The van der Waals surface area contributed by atoms with Crippen molar-refractivity contribution in [1.82, 2.24) is 10.3 Å². The van der Waals surface area contributed by atoms with E-state index in [9.17, 15) is 4.79 Å². The summed E-state index contributed by atoms with van der Waals surface area (Å²) in [5, 5.41) is 2.96. The number of aromatic amines is 1. The van der Waals surface area contributed by atoms with Crippen molar-refractivity contribution in [3.63, 3.8) is 0 Å². The predicted octanol–water partition coefficient (Wildman–Crippen LogP) is 1.12. The van der Waals surface area contributed by atoms with Crippen molar-refractivity contribution in [2.24, 2.45) is 0 Å². The fourth-order valence-corrected chi connectivity index (χ4v) is 0.803. The molecule has 0 atom stereocenters. The fraction of sp³-hybridized carbons (Fsp3) is 0.444. The Morgan fingerprint density at radius 2 is 2.17 bits per heavy atom. The van der Waals surface area contributed by atoms with Crippen LogP contribution in [0.3, 0.4) is 0 Å². The molecule has 0 aliphatic heterocycles. The van der Waals surface area contributed by atoms with Gasteiger partial charge in [-0.2, -0.15) is 0 Å². The summed E-state index contributed by atoms with van der Waals surface area (Å²) in [4.78, 5) is 13.2. The molecule has 12 heavy (non-hydrogen) atoms. The Kier molecular flexibility index (Phi) is 6.01. The molecule has 1 rings (SSSR count). The number of aromatic nitrogens is 1. The highest BCUT2D eigenvalue weighted by atomic mass is 16.1. The van der Waals surface area contributed by atoms with E-state index in [2.05, 4.69) is 10.3 Å². The minimum atomic E-state index is -0.0484. The van der Waals surface area contributed by atoms with Gasteiger partial charge in [0.2, 0.25) is 5.56 Å². The van der Waals surface area contributed by atoms with E-state index < -0.39 is 0 Å². The van der Waals surface area contributed by atoms with Crippen LogP contribution in [0.4, 0.5) is 0 Å². The molecule has 0 radical (unpaired) electrons. The summed E-state index contributed by atoms with van der Waals surface area (Å²) in [7, 11) is 1.85. The third kappa shape index (κ3) is 3.93. The highest BCUT2D eigenvalue weighted by Gasteiger charge is 1.88. The highest BCUT2D eigenvalue weighted by molar-refractivity contribution is 5.08. The van der Waals surface area contributed by atoms with Crippen molar-refractivity contribution in [2.75, 3.05) is 7.05 Å². The third-order valence-corrected chi connectivity index (χ3v) is 1.22. The lowest BCUT2D eigenvalue weighted by molar-refractivity contribution is 0.814. The van der Waals surface area contributed by atoms with Gasteiger partial charge in [-0.25, -0.2) is 0 Å². The maximum absolute atomic E-state index is 10.7. The van der Waals surface area contributed by atoms with Crippen LogP contribution >= 0.6 is 0 Å². The van der Waals surface area contributed by atoms with Gasteiger partial charge in [0.25, 0.3) is 0 Å². The van der Waals surface area contributed by atoms with Gasteiger partial charge in [-0.1, -0.05) is 13.8 Å². The molecule has 1 aromatic heterocycles. The summed E-state index contributed by atoms with van der Waals surface area (Å²) in [6, 6.07) is 3.45. The second-order valence-electron chi connectivity index (χ2n) is 2.09. The molecule has 2 N–H and O–H groups in total. The Morgan fingerprint density at radius 3 is 2.67 bits per heavy atom. The average molecular weight is 168 g/mol. The standard InChI is InChI=1S/C7H10N2O.C2H6/c1-8-5-6-2-3-9-7(10)4-6;1-2/h2-4,8H,5H2,1H3,(H,9,10);1-2H3. The van der Waals surface area contributed by atoms with E-state index in [-0.39, 0.29) is 5.56 Å². The third-order valence-electron chi connectivity index (χ3n) is 1.22. The minimum Gasteiger partial charge on any atom is -0.329 e. The zero-order valence-electron chi connectivity index (χ0n) is 7.85. The maximum Gasteiger partial charge on any atom is 0.248 e. The molecule has 0 aliphatic rings. The van der Waals surface area contributed by atoms with Crippen LogP contribution in [0.5, 0.6) is 0 Å². The van der Waals surface area contributed by atoms with Crippen molar-refractivity contribution in [3.05, 3.63) is 34.2 Å². The van der Waals surface area contributed by atoms with Crippen LogP contribution in [-0.2, 0) is 6.54 Å². The smallest absolute Gasteiger partial charge is 0.248 e. The summed E-state index contributed by atoms with van der Waals surface area (Å²) in [5.74, 6) is 0. The van der Waals surface area contributed by atoms with Crippen LogP contribution in [0.15, 0.2) is 23.1 Å². The first-order valence-corrected chi connectivity index (χ1v) is 4.15. The van der Waals surface area contributed by atoms with Gasteiger partial charge >= 0.3 is 0 Å². The van der Waals surface area contributed by atoms with Crippen molar-refractivity contribution in [2.45, 2.75) is 20.4 Å². The van der Waals surface area contributed by atoms with E-state index in [1.54, 1.807) is 12.3 Å². The second kappa shape index (κ2) is 6.61. The highest BCUT2D eigenvalue weighted by Crippen LogP contribution is 1.89. The number of hydrogen-bond donors (Lipinski definition) is 2. The van der Waals surface area contributed by atoms with Gasteiger partial charge in [0.1, 0.15) is 0 Å². The van der Waals surface area contributed by atoms with E-state index in [0.717, 1.165) is 12.1 Å². The van der Waals surface area contributed by atoms with Crippen molar-refractivity contribution >= 4 is 0 Å². The van der Waals surface area contributed by atoms with Gasteiger partial charge in [0.15, 0.2) is 0 Å². The largest absolute Gasteiger partial charge is 0.329 e. The van der Waals surface area contributed by atoms with Gasteiger partial charge in [-0.15, -0.1) is 0 Å². The number of pyridine rings is 1. The molecule has 0 saturated heterocycles. The summed E-state index contributed by atoms with van der Waals surface area (Å²) >= 11 is 0. The van der Waals surface area contributed by atoms with E-state index in [1.165, 1.54) is 0 Å². The molecule has 1 aromatic rings. The molecule has 0 spiro atoms. The Morgan fingerprint density at radius 1 is 1.50 bits per heavy atom. The number of rotatable bonds is 2. The number of nitrogens with one attached hydrogen (secondary N) is 2. The number of H-pyrrole nitrogens is 1. The predicted molar refractivity (Wildman–Crippen MR) is 51.2 cm³/mol. The lowest BCUT2D eigenvalue weighted by atomic mass is 10.3. The first-order chi connectivity index (χ1) is 5.83. The second-order valence-corrected chi connectivity index (χ2v) is 2.09. The Bertz CT molecular complexity index is 255. The van der Waals surface area contributed by atoms with Gasteiger partial charge in [-0.05, 0) is 18.7 Å². The lowest BCUT2D eigenvalue weighted by Gasteiger charge is -1.95. The van der Waals surface area contributed by atoms with Crippen molar-refractivity contribution in [3.8, 4) is 0 Å². The number of hydrogen-bond acceptors (Lipinski definition) is 2. The SMILES string of the molecule is CC.CNCc1cc[nH]c(=O)c1. The van der Waals surface area contributed by atoms with Crippen molar-refractivity contribution in [1.29, 1.82) is 0 Å². The maximum atomic E-state index is 10.7. The molecule has 0 unspecified atom stereocenters. The Balaban J connectivity index is 0.000000561. The molecular weight excluding hydrogens is 152 g/mol. The van der Waals surface area contributed by atoms with Crippen LogP contribution in [0.1, 0.15) is 19.4 Å². The van der Waals surface area contributed by atoms with Gasteiger partial charge < -0.3 is 10.3 Å². The van der Waals surface area contributed by atoms with Crippen LogP contribution < -0.4 is 10.9 Å². The molecule has 1 heterocycles. The zero-order valence-corrected chi connectivity index (χ0v) is 7.85. The molecular formula is C9H16N2O. The molecule has 0 aromatic carbocycles. The Labute approximate surface area is 72.8 Å². The molecule has 3 nitrogen and oxygen atoms in total. The molecule has 0 amide bonds. The molecule has 0 fully saturated rings. The van der Waals surface area contributed by atoms with Crippen molar-refractivity contribution < 1.29 is 0 Å².